The zero-order valence-electron chi connectivity index (χ0n) is 13.6. The molecule has 0 unspecified atom stereocenters. The van der Waals surface area contributed by atoms with E-state index in [9.17, 15) is 4.79 Å². The zero-order chi connectivity index (χ0) is 16.2. The fourth-order valence-corrected chi connectivity index (χ4v) is 2.95. The van der Waals surface area contributed by atoms with Crippen molar-refractivity contribution in [1.29, 1.82) is 0 Å². The third-order valence-corrected chi connectivity index (χ3v) is 4.66. The molecule has 1 aliphatic rings. The van der Waals surface area contributed by atoms with Crippen LogP contribution in [0.3, 0.4) is 0 Å². The molecule has 0 spiro atoms. The summed E-state index contributed by atoms with van der Waals surface area (Å²) in [5, 5.41) is 4.57. The molecule has 23 heavy (non-hydrogen) atoms. The molecule has 0 aliphatic heterocycles. The van der Waals surface area contributed by atoms with E-state index in [0.29, 0.717) is 12.3 Å². The maximum Gasteiger partial charge on any atom is 0.228 e. The van der Waals surface area contributed by atoms with Gasteiger partial charge < -0.3 is 0 Å². The van der Waals surface area contributed by atoms with Crippen LogP contribution in [0.2, 0.25) is 0 Å². The van der Waals surface area contributed by atoms with E-state index in [1.165, 1.54) is 12.8 Å². The monoisotopic (exact) mass is 330 g/mol. The number of hydrogen-bond donors (Lipinski definition) is 0. The largest absolute Gasteiger partial charge is 0.297 e. The fourth-order valence-electron chi connectivity index (χ4n) is 2.57. The van der Waals surface area contributed by atoms with E-state index >= 15 is 0 Å². The van der Waals surface area contributed by atoms with Gasteiger partial charge in [0.25, 0.3) is 0 Å². The van der Waals surface area contributed by atoms with Crippen molar-refractivity contribution >= 4 is 23.5 Å². The molecule has 3 rings (SSSR count). The van der Waals surface area contributed by atoms with Gasteiger partial charge in [-0.2, -0.15) is 16.9 Å². The number of pyridine rings is 1. The first-order valence-electron chi connectivity index (χ1n) is 7.92. The Kier molecular flexibility index (Phi) is 5.00. The maximum atomic E-state index is 12.6. The second kappa shape index (κ2) is 7.17. The first kappa shape index (κ1) is 16.1. The second-order valence-corrected chi connectivity index (χ2v) is 6.93. The number of anilines is 1. The molecule has 2 aromatic rings. The van der Waals surface area contributed by atoms with Crippen LogP contribution >= 0.6 is 11.8 Å². The van der Waals surface area contributed by atoms with Crippen molar-refractivity contribution < 1.29 is 4.79 Å². The molecule has 0 saturated heterocycles. The van der Waals surface area contributed by atoms with Crippen LogP contribution in [0.15, 0.2) is 30.6 Å². The molecule has 2 aromatic heterocycles. The first-order chi connectivity index (χ1) is 11.2. The van der Waals surface area contributed by atoms with E-state index in [1.807, 2.05) is 41.1 Å². The molecule has 1 amide bonds. The van der Waals surface area contributed by atoms with Gasteiger partial charge in [0.15, 0.2) is 0 Å². The number of nitrogens with zero attached hydrogens (tertiary/aromatic N) is 4. The van der Waals surface area contributed by atoms with Crippen LogP contribution in [0, 0.1) is 5.92 Å². The van der Waals surface area contributed by atoms with Crippen molar-refractivity contribution in [3.05, 3.63) is 30.6 Å². The Morgan fingerprint density at radius 3 is 2.96 bits per heavy atom. The highest BCUT2D eigenvalue weighted by molar-refractivity contribution is 7.98. The molecule has 0 atom stereocenters. The van der Waals surface area contributed by atoms with Crippen molar-refractivity contribution in [2.45, 2.75) is 19.3 Å². The lowest BCUT2D eigenvalue weighted by atomic mass is 10.2. The summed E-state index contributed by atoms with van der Waals surface area (Å²) in [5.41, 5.74) is 1.83. The molecule has 0 radical (unpaired) electrons. The Hall–Kier alpha value is -1.82. The van der Waals surface area contributed by atoms with Crippen molar-refractivity contribution in [3.8, 4) is 11.3 Å². The third-order valence-electron chi connectivity index (χ3n) is 4.05. The predicted molar refractivity (Wildman–Crippen MR) is 94.5 cm³/mol. The van der Waals surface area contributed by atoms with Gasteiger partial charge >= 0.3 is 0 Å². The van der Waals surface area contributed by atoms with E-state index in [-0.39, 0.29) is 5.91 Å². The lowest BCUT2D eigenvalue weighted by molar-refractivity contribution is -0.118. The Bertz CT molecular complexity index is 666. The Morgan fingerprint density at radius 2 is 2.30 bits per heavy atom. The van der Waals surface area contributed by atoms with Crippen molar-refractivity contribution in [2.75, 3.05) is 23.5 Å². The van der Waals surface area contributed by atoms with E-state index in [1.54, 1.807) is 24.2 Å². The lowest BCUT2D eigenvalue weighted by Crippen LogP contribution is -2.34. The number of hydrogen-bond acceptors (Lipinski definition) is 4. The Labute approximate surface area is 141 Å². The summed E-state index contributed by atoms with van der Waals surface area (Å²) in [7, 11) is 1.90. The smallest absolute Gasteiger partial charge is 0.228 e. The van der Waals surface area contributed by atoms with Gasteiger partial charge in [-0.05, 0) is 37.1 Å². The topological polar surface area (TPSA) is 51.0 Å². The van der Waals surface area contributed by atoms with Crippen LogP contribution < -0.4 is 4.90 Å². The summed E-state index contributed by atoms with van der Waals surface area (Å²) in [5.74, 6) is 2.56. The molecule has 5 nitrogen and oxygen atoms in total. The fraction of sp³-hybridized carbons (Fsp3) is 0.471. The molecule has 0 bridgehead atoms. The van der Waals surface area contributed by atoms with E-state index in [4.69, 9.17) is 0 Å². The summed E-state index contributed by atoms with van der Waals surface area (Å²) in [6, 6.07) is 5.88. The number of thioether (sulfide) groups is 1. The van der Waals surface area contributed by atoms with Crippen LogP contribution in [-0.4, -0.2) is 39.2 Å². The quantitative estimate of drug-likeness (QED) is 0.783. The van der Waals surface area contributed by atoms with Crippen LogP contribution in [0.5, 0.6) is 0 Å². The third kappa shape index (κ3) is 3.93. The van der Waals surface area contributed by atoms with Gasteiger partial charge in [0.1, 0.15) is 5.82 Å². The van der Waals surface area contributed by atoms with E-state index in [0.717, 1.165) is 29.4 Å². The molecule has 1 saturated carbocycles. The molecule has 0 aromatic carbocycles. The summed E-state index contributed by atoms with van der Waals surface area (Å²) >= 11 is 1.71. The molecule has 1 aliphatic carbocycles. The van der Waals surface area contributed by atoms with Crippen molar-refractivity contribution in [1.82, 2.24) is 14.8 Å². The number of rotatable bonds is 7. The van der Waals surface area contributed by atoms with Gasteiger partial charge in [-0.3, -0.25) is 19.4 Å². The summed E-state index contributed by atoms with van der Waals surface area (Å²) in [4.78, 5) is 18.7. The molecule has 122 valence electrons. The summed E-state index contributed by atoms with van der Waals surface area (Å²) < 4.78 is 1.81. The number of carbonyl (C=O) groups excluding carboxylic acids is 1. The minimum Gasteiger partial charge on any atom is -0.297 e. The van der Waals surface area contributed by atoms with Crippen LogP contribution in [0.4, 0.5) is 5.82 Å². The highest BCUT2D eigenvalue weighted by atomic mass is 32.2. The average molecular weight is 330 g/mol. The van der Waals surface area contributed by atoms with Crippen LogP contribution in [0.1, 0.15) is 19.3 Å². The normalized spacial score (nSPS) is 14.0. The van der Waals surface area contributed by atoms with Gasteiger partial charge in [-0.15, -0.1) is 0 Å². The average Bonchev–Trinajstić information content (AvgIpc) is 3.32. The van der Waals surface area contributed by atoms with E-state index in [2.05, 4.69) is 10.1 Å². The number of carbonyl (C=O) groups is 1. The zero-order valence-corrected chi connectivity index (χ0v) is 14.4. The highest BCUT2D eigenvalue weighted by Crippen LogP contribution is 2.32. The van der Waals surface area contributed by atoms with Crippen molar-refractivity contribution in [3.63, 3.8) is 0 Å². The molecule has 2 heterocycles. The van der Waals surface area contributed by atoms with Crippen LogP contribution in [-0.2, 0) is 11.8 Å². The summed E-state index contributed by atoms with van der Waals surface area (Å²) in [6.07, 6.45) is 8.59. The molecular formula is C17H22N4OS. The molecule has 1 fully saturated rings. The van der Waals surface area contributed by atoms with Gasteiger partial charge in [0.2, 0.25) is 5.91 Å². The minimum absolute atomic E-state index is 0.187. The van der Waals surface area contributed by atoms with Gasteiger partial charge in [0.05, 0.1) is 5.69 Å². The minimum atomic E-state index is 0.187. The van der Waals surface area contributed by atoms with Gasteiger partial charge in [-0.1, -0.05) is 0 Å². The maximum absolute atomic E-state index is 12.6. The van der Waals surface area contributed by atoms with Crippen molar-refractivity contribution in [2.24, 2.45) is 13.0 Å². The molecular weight excluding hydrogens is 308 g/mol. The Balaban J connectivity index is 1.86. The predicted octanol–water partition coefficient (Wildman–Crippen LogP) is 2.98. The van der Waals surface area contributed by atoms with Gasteiger partial charge in [0, 0.05) is 49.8 Å². The van der Waals surface area contributed by atoms with Gasteiger partial charge in [-0.25, -0.2) is 0 Å². The second-order valence-electron chi connectivity index (χ2n) is 5.94. The summed E-state index contributed by atoms with van der Waals surface area (Å²) in [6.45, 7) is 0.805. The van der Waals surface area contributed by atoms with Crippen LogP contribution in [0.25, 0.3) is 11.3 Å². The molecule has 0 N–H and O–H groups in total. The highest BCUT2D eigenvalue weighted by Gasteiger charge is 2.29. The SMILES string of the molecule is CSCCC(=O)N(CC1CC1)c1cc(-c2cccnc2)nn1C. The first-order valence-corrected chi connectivity index (χ1v) is 9.32. The number of aromatic nitrogens is 3. The number of amides is 1. The Morgan fingerprint density at radius 1 is 1.48 bits per heavy atom. The number of aryl methyl sites for hydroxylation is 1. The van der Waals surface area contributed by atoms with E-state index < -0.39 is 0 Å². The molecule has 6 heteroatoms. The standard InChI is InChI=1S/C17H22N4OS/c1-20-16(10-15(19-20)14-4-3-8-18-11-14)21(12-13-5-6-13)17(22)7-9-23-2/h3-4,8,10-11,13H,5-7,9,12H2,1-2H3. The lowest BCUT2D eigenvalue weighted by Gasteiger charge is -2.22.